The lowest BCUT2D eigenvalue weighted by atomic mass is 10.1. The van der Waals surface area contributed by atoms with Crippen molar-refractivity contribution < 1.29 is 4.79 Å². The van der Waals surface area contributed by atoms with Gasteiger partial charge in [-0.3, -0.25) is 9.69 Å². The third-order valence-electron chi connectivity index (χ3n) is 3.97. The van der Waals surface area contributed by atoms with Crippen LogP contribution in [-0.2, 0) is 11.3 Å². The van der Waals surface area contributed by atoms with Crippen molar-refractivity contribution in [1.29, 1.82) is 0 Å². The van der Waals surface area contributed by atoms with Gasteiger partial charge in [-0.2, -0.15) is 11.8 Å². The molecule has 0 heterocycles. The Morgan fingerprint density at radius 2 is 2.25 bits per heavy atom. The van der Waals surface area contributed by atoms with E-state index < -0.39 is 0 Å². The van der Waals surface area contributed by atoms with Crippen molar-refractivity contribution in [2.75, 3.05) is 18.6 Å². The fraction of sp³-hybridized carbons (Fsp3) is 0.562. The van der Waals surface area contributed by atoms with Crippen molar-refractivity contribution in [3.8, 4) is 0 Å². The van der Waals surface area contributed by atoms with E-state index in [2.05, 4.69) is 35.7 Å². The highest BCUT2D eigenvalue weighted by Crippen LogP contribution is 2.32. The smallest absolute Gasteiger partial charge is 0.221 e. The predicted molar refractivity (Wildman–Crippen MR) is 87.2 cm³/mol. The van der Waals surface area contributed by atoms with Crippen LogP contribution in [0.2, 0.25) is 0 Å². The molecule has 0 spiro atoms. The van der Waals surface area contributed by atoms with Crippen LogP contribution in [0.3, 0.4) is 0 Å². The summed E-state index contributed by atoms with van der Waals surface area (Å²) >= 11 is 1.99. The zero-order valence-corrected chi connectivity index (χ0v) is 13.4. The molecule has 1 aliphatic carbocycles. The van der Waals surface area contributed by atoms with Gasteiger partial charge in [0.1, 0.15) is 0 Å². The topological polar surface area (TPSA) is 32.3 Å². The summed E-state index contributed by atoms with van der Waals surface area (Å²) in [6, 6.07) is 8.82. The number of thioether (sulfide) groups is 1. The van der Waals surface area contributed by atoms with Crippen LogP contribution in [0, 0.1) is 0 Å². The van der Waals surface area contributed by atoms with Crippen LogP contribution in [-0.4, -0.2) is 35.4 Å². The lowest BCUT2D eigenvalue weighted by Crippen LogP contribution is -2.35. The first-order valence-corrected chi connectivity index (χ1v) is 8.48. The minimum Gasteiger partial charge on any atom is -0.326 e. The molecule has 1 aromatic rings. The third-order valence-corrected chi connectivity index (χ3v) is 5.12. The van der Waals surface area contributed by atoms with Gasteiger partial charge in [-0.15, -0.1) is 0 Å². The van der Waals surface area contributed by atoms with E-state index in [0.29, 0.717) is 6.04 Å². The molecule has 110 valence electrons. The summed E-state index contributed by atoms with van der Waals surface area (Å²) in [5.41, 5.74) is 2.14. The number of carbonyl (C=O) groups excluding carboxylic acids is 1. The molecule has 1 amide bonds. The lowest BCUT2D eigenvalue weighted by Gasteiger charge is -2.29. The van der Waals surface area contributed by atoms with Gasteiger partial charge in [-0.25, -0.2) is 0 Å². The lowest BCUT2D eigenvalue weighted by molar-refractivity contribution is -0.114. The molecule has 0 aromatic heterocycles. The van der Waals surface area contributed by atoms with E-state index in [4.69, 9.17) is 0 Å². The Morgan fingerprint density at radius 1 is 1.45 bits per heavy atom. The number of nitrogens with one attached hydrogen (secondary N) is 1. The van der Waals surface area contributed by atoms with E-state index in [1.54, 1.807) is 6.92 Å². The summed E-state index contributed by atoms with van der Waals surface area (Å²) in [6.07, 6.45) is 6.19. The minimum absolute atomic E-state index is 0.0197. The van der Waals surface area contributed by atoms with Crippen molar-refractivity contribution >= 4 is 23.4 Å². The van der Waals surface area contributed by atoms with Crippen LogP contribution in [0.4, 0.5) is 5.69 Å². The molecule has 4 heteroatoms. The fourth-order valence-electron chi connectivity index (χ4n) is 3.04. The summed E-state index contributed by atoms with van der Waals surface area (Å²) in [6.45, 7) is 2.48. The second-order valence-electron chi connectivity index (χ2n) is 5.57. The van der Waals surface area contributed by atoms with Gasteiger partial charge in [0.05, 0.1) is 0 Å². The largest absolute Gasteiger partial charge is 0.326 e. The highest BCUT2D eigenvalue weighted by molar-refractivity contribution is 7.99. The molecular weight excluding hydrogens is 268 g/mol. The van der Waals surface area contributed by atoms with E-state index in [0.717, 1.165) is 17.5 Å². The van der Waals surface area contributed by atoms with Crippen molar-refractivity contribution in [1.82, 2.24) is 4.90 Å². The van der Waals surface area contributed by atoms with E-state index in [-0.39, 0.29) is 5.91 Å². The average molecular weight is 292 g/mol. The van der Waals surface area contributed by atoms with Gasteiger partial charge in [0.25, 0.3) is 0 Å². The van der Waals surface area contributed by atoms with Crippen LogP contribution in [0.5, 0.6) is 0 Å². The van der Waals surface area contributed by atoms with Gasteiger partial charge in [-0.05, 0) is 43.8 Å². The SMILES string of the molecule is CS[C@H]1CCC[C@@H]1N(C)Cc1cccc(NC(C)=O)c1. The Bertz CT molecular complexity index is 464. The number of amides is 1. The first-order chi connectivity index (χ1) is 9.60. The molecule has 3 nitrogen and oxygen atoms in total. The minimum atomic E-state index is -0.0197. The number of nitrogens with zero attached hydrogens (tertiary/aromatic N) is 1. The van der Waals surface area contributed by atoms with Crippen LogP contribution >= 0.6 is 11.8 Å². The van der Waals surface area contributed by atoms with E-state index in [1.807, 2.05) is 23.9 Å². The standard InChI is InChI=1S/C16H24N2OS/c1-12(19)17-14-7-4-6-13(10-14)11-18(2)15-8-5-9-16(15)20-3/h4,6-7,10,15-16H,5,8-9,11H2,1-3H3,(H,17,19)/t15-,16-/m0/s1. The normalized spacial score (nSPS) is 22.2. The van der Waals surface area contributed by atoms with Gasteiger partial charge in [0.15, 0.2) is 0 Å². The zero-order valence-electron chi connectivity index (χ0n) is 12.6. The summed E-state index contributed by atoms with van der Waals surface area (Å²) in [5.74, 6) is -0.0197. The molecule has 1 aromatic carbocycles. The maximum Gasteiger partial charge on any atom is 0.221 e. The molecule has 0 aliphatic heterocycles. The highest BCUT2D eigenvalue weighted by atomic mass is 32.2. The third kappa shape index (κ3) is 4.00. The van der Waals surface area contributed by atoms with Gasteiger partial charge >= 0.3 is 0 Å². The van der Waals surface area contributed by atoms with Crippen molar-refractivity contribution in [3.05, 3.63) is 29.8 Å². The Labute approximate surface area is 126 Å². The molecule has 1 aliphatic rings. The molecule has 2 rings (SSSR count). The molecule has 0 unspecified atom stereocenters. The highest BCUT2D eigenvalue weighted by Gasteiger charge is 2.29. The maximum atomic E-state index is 11.1. The molecule has 0 bridgehead atoms. The Balaban J connectivity index is 2.00. The van der Waals surface area contributed by atoms with E-state index >= 15 is 0 Å². The second kappa shape index (κ2) is 7.14. The number of hydrogen-bond donors (Lipinski definition) is 1. The van der Waals surface area contributed by atoms with E-state index in [9.17, 15) is 4.79 Å². The monoisotopic (exact) mass is 292 g/mol. The molecular formula is C16H24N2OS. The van der Waals surface area contributed by atoms with Crippen LogP contribution in [0.25, 0.3) is 0 Å². The van der Waals surface area contributed by atoms with Gasteiger partial charge in [-0.1, -0.05) is 18.6 Å². The summed E-state index contributed by atoms with van der Waals surface area (Å²) < 4.78 is 0. The summed E-state index contributed by atoms with van der Waals surface area (Å²) in [7, 11) is 2.21. The summed E-state index contributed by atoms with van der Waals surface area (Å²) in [4.78, 5) is 13.6. The number of carbonyl (C=O) groups is 1. The summed E-state index contributed by atoms with van der Waals surface area (Å²) in [5, 5.41) is 3.61. The molecule has 1 fully saturated rings. The fourth-order valence-corrected chi connectivity index (χ4v) is 4.10. The van der Waals surface area contributed by atoms with Gasteiger partial charge < -0.3 is 5.32 Å². The quantitative estimate of drug-likeness (QED) is 0.903. The van der Waals surface area contributed by atoms with Crippen LogP contribution in [0.1, 0.15) is 31.7 Å². The second-order valence-corrected chi connectivity index (χ2v) is 6.65. The maximum absolute atomic E-state index is 11.1. The average Bonchev–Trinajstić information content (AvgIpc) is 2.86. The van der Waals surface area contributed by atoms with Crippen LogP contribution < -0.4 is 5.32 Å². The molecule has 0 saturated heterocycles. The molecule has 0 radical (unpaired) electrons. The van der Waals surface area contributed by atoms with Crippen molar-refractivity contribution in [2.24, 2.45) is 0 Å². The number of rotatable bonds is 5. The zero-order chi connectivity index (χ0) is 14.5. The first kappa shape index (κ1) is 15.4. The predicted octanol–water partition coefficient (Wildman–Crippen LogP) is 3.36. The van der Waals surface area contributed by atoms with Crippen LogP contribution in [0.15, 0.2) is 24.3 Å². The molecule has 1 N–H and O–H groups in total. The Morgan fingerprint density at radius 3 is 2.95 bits per heavy atom. The van der Waals surface area contributed by atoms with Crippen molar-refractivity contribution in [3.63, 3.8) is 0 Å². The van der Waals surface area contributed by atoms with Crippen molar-refractivity contribution in [2.45, 2.75) is 44.0 Å². The van der Waals surface area contributed by atoms with Gasteiger partial charge in [0, 0.05) is 30.4 Å². The first-order valence-electron chi connectivity index (χ1n) is 7.19. The van der Waals surface area contributed by atoms with Gasteiger partial charge in [0.2, 0.25) is 5.91 Å². The Hall–Kier alpha value is -1.00. The number of hydrogen-bond acceptors (Lipinski definition) is 3. The van der Waals surface area contributed by atoms with E-state index in [1.165, 1.54) is 24.8 Å². The number of benzene rings is 1. The Kier molecular flexibility index (Phi) is 5.49. The molecule has 2 atom stereocenters. The number of anilines is 1. The molecule has 1 saturated carbocycles. The molecule has 20 heavy (non-hydrogen) atoms.